The van der Waals surface area contributed by atoms with Crippen LogP contribution in [0.2, 0.25) is 0 Å². The Hall–Kier alpha value is -1.13. The van der Waals surface area contributed by atoms with Crippen LogP contribution in [0.25, 0.3) is 11.0 Å². The number of rotatable bonds is 7. The maximum Gasteiger partial charge on any atom is 0.125 e. The molecule has 0 aliphatic carbocycles. The number of benzene rings is 1. The SMILES string of the molecule is CCC(C)N(C)CCn1c(CCCl)nc2cc(F)ccc21. The Labute approximate surface area is 130 Å². The van der Waals surface area contributed by atoms with Crippen LogP contribution in [0.5, 0.6) is 0 Å². The molecular formula is C16H23ClFN3. The summed E-state index contributed by atoms with van der Waals surface area (Å²) in [4.78, 5) is 6.86. The third-order valence-electron chi connectivity index (χ3n) is 4.13. The van der Waals surface area contributed by atoms with E-state index in [1.807, 2.05) is 0 Å². The number of hydrogen-bond donors (Lipinski definition) is 0. The lowest BCUT2D eigenvalue weighted by molar-refractivity contribution is 0.242. The van der Waals surface area contributed by atoms with E-state index in [1.165, 1.54) is 12.1 Å². The molecule has 0 saturated heterocycles. The number of aromatic nitrogens is 2. The van der Waals surface area contributed by atoms with Crippen molar-refractivity contribution in [1.29, 1.82) is 0 Å². The van der Waals surface area contributed by atoms with E-state index < -0.39 is 0 Å². The Kier molecular flexibility index (Phi) is 5.59. The monoisotopic (exact) mass is 311 g/mol. The summed E-state index contributed by atoms with van der Waals surface area (Å²) < 4.78 is 15.5. The Morgan fingerprint density at radius 2 is 2.19 bits per heavy atom. The average Bonchev–Trinajstić information content (AvgIpc) is 2.80. The van der Waals surface area contributed by atoms with Gasteiger partial charge in [-0.3, -0.25) is 0 Å². The maximum absolute atomic E-state index is 13.3. The molecule has 1 unspecified atom stereocenters. The van der Waals surface area contributed by atoms with E-state index in [1.54, 1.807) is 6.07 Å². The Morgan fingerprint density at radius 1 is 1.43 bits per heavy atom. The molecule has 21 heavy (non-hydrogen) atoms. The number of fused-ring (bicyclic) bond motifs is 1. The van der Waals surface area contributed by atoms with Crippen LogP contribution in [-0.4, -0.2) is 40.0 Å². The summed E-state index contributed by atoms with van der Waals surface area (Å²) in [6.07, 6.45) is 1.83. The fourth-order valence-corrected chi connectivity index (χ4v) is 2.64. The van der Waals surface area contributed by atoms with Crippen molar-refractivity contribution in [2.45, 2.75) is 39.3 Å². The van der Waals surface area contributed by atoms with Gasteiger partial charge >= 0.3 is 0 Å². The van der Waals surface area contributed by atoms with Crippen molar-refractivity contribution >= 4 is 22.6 Å². The summed E-state index contributed by atoms with van der Waals surface area (Å²) in [5, 5.41) is 0. The first-order valence-corrected chi connectivity index (χ1v) is 8.01. The molecule has 2 aromatic rings. The van der Waals surface area contributed by atoms with Crippen molar-refractivity contribution in [1.82, 2.24) is 14.5 Å². The maximum atomic E-state index is 13.3. The molecule has 0 radical (unpaired) electrons. The zero-order valence-electron chi connectivity index (χ0n) is 12.9. The number of nitrogens with zero attached hydrogens (tertiary/aromatic N) is 3. The van der Waals surface area contributed by atoms with Gasteiger partial charge in [0.1, 0.15) is 11.6 Å². The second kappa shape index (κ2) is 7.23. The summed E-state index contributed by atoms with van der Waals surface area (Å²) in [5.41, 5.74) is 1.69. The van der Waals surface area contributed by atoms with Crippen molar-refractivity contribution in [3.8, 4) is 0 Å². The summed E-state index contributed by atoms with van der Waals surface area (Å²) in [5.74, 6) is 1.21. The molecule has 0 bridgehead atoms. The van der Waals surface area contributed by atoms with Crippen LogP contribution in [0, 0.1) is 5.82 Å². The normalized spacial score (nSPS) is 13.2. The van der Waals surface area contributed by atoms with E-state index in [9.17, 15) is 4.39 Å². The van der Waals surface area contributed by atoms with E-state index >= 15 is 0 Å². The van der Waals surface area contributed by atoms with Crippen LogP contribution < -0.4 is 0 Å². The van der Waals surface area contributed by atoms with Crippen molar-refractivity contribution in [3.05, 3.63) is 29.8 Å². The summed E-state index contributed by atoms with van der Waals surface area (Å²) >= 11 is 5.86. The van der Waals surface area contributed by atoms with Crippen molar-refractivity contribution < 1.29 is 4.39 Å². The van der Waals surface area contributed by atoms with Crippen molar-refractivity contribution in [3.63, 3.8) is 0 Å². The highest BCUT2D eigenvalue weighted by atomic mass is 35.5. The zero-order chi connectivity index (χ0) is 15.4. The van der Waals surface area contributed by atoms with Crippen molar-refractivity contribution in [2.24, 2.45) is 0 Å². The van der Waals surface area contributed by atoms with Crippen LogP contribution in [0.4, 0.5) is 4.39 Å². The molecule has 1 aromatic carbocycles. The van der Waals surface area contributed by atoms with Crippen LogP contribution >= 0.6 is 11.6 Å². The lowest BCUT2D eigenvalue weighted by atomic mass is 10.2. The molecule has 0 aliphatic rings. The third kappa shape index (κ3) is 3.74. The molecule has 5 heteroatoms. The predicted octanol–water partition coefficient (Wildman–Crippen LogP) is 3.69. The molecule has 0 N–H and O–H groups in total. The van der Waals surface area contributed by atoms with E-state index in [0.717, 1.165) is 30.9 Å². The minimum atomic E-state index is -0.249. The first-order chi connectivity index (χ1) is 10.1. The largest absolute Gasteiger partial charge is 0.327 e. The molecule has 0 amide bonds. The summed E-state index contributed by atoms with van der Waals surface area (Å²) in [6, 6.07) is 5.33. The molecular weight excluding hydrogens is 289 g/mol. The average molecular weight is 312 g/mol. The first kappa shape index (κ1) is 16.2. The molecule has 1 atom stereocenters. The highest BCUT2D eigenvalue weighted by Crippen LogP contribution is 2.18. The second-order valence-corrected chi connectivity index (χ2v) is 5.87. The van der Waals surface area contributed by atoms with Crippen molar-refractivity contribution in [2.75, 3.05) is 19.5 Å². The van der Waals surface area contributed by atoms with Crippen LogP contribution in [-0.2, 0) is 13.0 Å². The van der Waals surface area contributed by atoms with E-state index in [4.69, 9.17) is 11.6 Å². The van der Waals surface area contributed by atoms with Crippen LogP contribution in [0.15, 0.2) is 18.2 Å². The molecule has 3 nitrogen and oxygen atoms in total. The number of likely N-dealkylation sites (N-methyl/N-ethyl adjacent to an activating group) is 1. The fraction of sp³-hybridized carbons (Fsp3) is 0.562. The minimum absolute atomic E-state index is 0.249. The number of alkyl halides is 1. The molecule has 1 heterocycles. The van der Waals surface area contributed by atoms with Gasteiger partial charge < -0.3 is 9.47 Å². The lowest BCUT2D eigenvalue weighted by Gasteiger charge is -2.24. The Morgan fingerprint density at radius 3 is 2.86 bits per heavy atom. The van der Waals surface area contributed by atoms with Gasteiger partial charge in [0, 0.05) is 37.5 Å². The number of halogens is 2. The number of imidazole rings is 1. The zero-order valence-corrected chi connectivity index (χ0v) is 13.7. The highest BCUT2D eigenvalue weighted by molar-refractivity contribution is 6.17. The third-order valence-corrected chi connectivity index (χ3v) is 4.32. The first-order valence-electron chi connectivity index (χ1n) is 7.47. The van der Waals surface area contributed by atoms with Gasteiger partial charge in [-0.25, -0.2) is 9.37 Å². The van der Waals surface area contributed by atoms with Gasteiger partial charge in [0.05, 0.1) is 11.0 Å². The quantitative estimate of drug-likeness (QED) is 0.727. The predicted molar refractivity (Wildman–Crippen MR) is 86.5 cm³/mol. The molecule has 0 saturated carbocycles. The molecule has 0 aliphatic heterocycles. The van der Waals surface area contributed by atoms with Gasteiger partial charge in [-0.15, -0.1) is 11.6 Å². The Bertz CT molecular complexity index is 596. The molecule has 1 aromatic heterocycles. The second-order valence-electron chi connectivity index (χ2n) is 5.49. The van der Waals surface area contributed by atoms with Crippen LogP contribution in [0.1, 0.15) is 26.1 Å². The summed E-state index contributed by atoms with van der Waals surface area (Å²) in [7, 11) is 2.13. The molecule has 116 valence electrons. The molecule has 2 rings (SSSR count). The molecule has 0 fully saturated rings. The topological polar surface area (TPSA) is 21.1 Å². The van der Waals surface area contributed by atoms with Gasteiger partial charge in [-0.05, 0) is 32.5 Å². The van der Waals surface area contributed by atoms with Crippen LogP contribution in [0.3, 0.4) is 0 Å². The smallest absolute Gasteiger partial charge is 0.125 e. The summed E-state index contributed by atoms with van der Waals surface area (Å²) in [6.45, 7) is 6.19. The number of hydrogen-bond acceptors (Lipinski definition) is 2. The van der Waals surface area contributed by atoms with Gasteiger partial charge in [-0.1, -0.05) is 6.92 Å². The molecule has 0 spiro atoms. The van der Waals surface area contributed by atoms with Gasteiger partial charge in [0.25, 0.3) is 0 Å². The number of aryl methyl sites for hydroxylation is 1. The van der Waals surface area contributed by atoms with Gasteiger partial charge in [0.15, 0.2) is 0 Å². The fourth-order valence-electron chi connectivity index (χ4n) is 2.47. The lowest BCUT2D eigenvalue weighted by Crippen LogP contribution is -2.31. The minimum Gasteiger partial charge on any atom is -0.327 e. The highest BCUT2D eigenvalue weighted by Gasteiger charge is 2.13. The van der Waals surface area contributed by atoms with E-state index in [0.29, 0.717) is 23.9 Å². The standard InChI is InChI=1S/C16H23ClFN3/c1-4-12(2)20(3)9-10-21-15-6-5-13(18)11-14(15)19-16(21)7-8-17/h5-6,11-12H,4,7-10H2,1-3H3. The van der Waals surface area contributed by atoms with E-state index in [2.05, 4.69) is 35.3 Å². The van der Waals surface area contributed by atoms with Gasteiger partial charge in [0.2, 0.25) is 0 Å². The Balaban J connectivity index is 2.25. The van der Waals surface area contributed by atoms with E-state index in [-0.39, 0.29) is 5.82 Å². The van der Waals surface area contributed by atoms with Gasteiger partial charge in [-0.2, -0.15) is 0 Å².